The molecule has 0 atom stereocenters. The van der Waals surface area contributed by atoms with E-state index in [-0.39, 0.29) is 0 Å². The zero-order valence-electron chi connectivity index (χ0n) is 24.8. The molecule has 0 amide bonds. The topological polar surface area (TPSA) is 17.1 Å². The van der Waals surface area contributed by atoms with Gasteiger partial charge in [-0.05, 0) is 64.7 Å². The first kappa shape index (κ1) is 27.5. The minimum Gasteiger partial charge on any atom is -0.309 e. The van der Waals surface area contributed by atoms with Crippen molar-refractivity contribution in [3.8, 4) is 22.3 Å². The van der Waals surface area contributed by atoms with Gasteiger partial charge in [-0.3, -0.25) is 0 Å². The fourth-order valence-corrected chi connectivity index (χ4v) is 11.8. The fraction of sp³-hybridized carbons (Fsp3) is 0. The summed E-state index contributed by atoms with van der Waals surface area (Å²) in [6.07, 6.45) is 0. The van der Waals surface area contributed by atoms with Crippen molar-refractivity contribution in [1.82, 2.24) is 0 Å². The van der Waals surface area contributed by atoms with Gasteiger partial charge < -0.3 is 4.57 Å². The van der Waals surface area contributed by atoms with E-state index in [1.54, 1.807) is 0 Å². The lowest BCUT2D eigenvalue weighted by molar-refractivity contribution is 0.592. The van der Waals surface area contributed by atoms with Crippen LogP contribution in [0.4, 0.5) is 0 Å². The maximum atomic E-state index is 15.4. The van der Waals surface area contributed by atoms with E-state index in [0.717, 1.165) is 27.0 Å². The summed E-state index contributed by atoms with van der Waals surface area (Å²) < 4.78 is 20.6. The first-order valence-electron chi connectivity index (χ1n) is 15.4. The quantitative estimate of drug-likeness (QED) is 0.171. The van der Waals surface area contributed by atoms with E-state index in [1.165, 1.54) is 51.5 Å². The van der Waals surface area contributed by atoms with Gasteiger partial charge >= 0.3 is 0 Å². The van der Waals surface area contributed by atoms with Crippen LogP contribution in [0.1, 0.15) is 0 Å². The summed E-state index contributed by atoms with van der Waals surface area (Å²) in [6.45, 7) is 0. The van der Waals surface area contributed by atoms with Gasteiger partial charge in [0.2, 0.25) is 0 Å². The van der Waals surface area contributed by atoms with Crippen LogP contribution in [0, 0.1) is 0 Å². The van der Waals surface area contributed by atoms with E-state index < -0.39 is 7.14 Å². The molecule has 0 radical (unpaired) electrons. The van der Waals surface area contributed by atoms with Crippen LogP contribution in [0.25, 0.3) is 62.6 Å². The molecule has 9 aromatic rings. The van der Waals surface area contributed by atoms with Gasteiger partial charge in [-0.1, -0.05) is 121 Å². The molecule has 0 aliphatic carbocycles. The van der Waals surface area contributed by atoms with E-state index in [4.69, 9.17) is 0 Å². The van der Waals surface area contributed by atoms with Crippen molar-refractivity contribution in [2.45, 2.75) is 0 Å². The molecule has 0 N–H and O–H groups in total. The molecule has 2 heterocycles. The van der Waals surface area contributed by atoms with Crippen LogP contribution >= 0.6 is 29.8 Å². The Morgan fingerprint density at radius 2 is 0.804 bits per heavy atom. The van der Waals surface area contributed by atoms with Crippen molar-refractivity contribution < 1.29 is 4.57 Å². The van der Waals surface area contributed by atoms with Gasteiger partial charge in [0.05, 0.1) is 0 Å². The van der Waals surface area contributed by atoms with Crippen LogP contribution in [0.5, 0.6) is 0 Å². The third-order valence-electron chi connectivity index (χ3n) is 8.97. The van der Waals surface area contributed by atoms with Gasteiger partial charge in [-0.15, -0.1) is 22.7 Å². The molecule has 0 unspecified atom stereocenters. The second kappa shape index (κ2) is 10.9. The molecular weight excluding hydrogens is 616 g/mol. The summed E-state index contributed by atoms with van der Waals surface area (Å²) >= 11 is 3.68. The van der Waals surface area contributed by atoms with Crippen LogP contribution < -0.4 is 15.9 Å². The molecule has 0 saturated heterocycles. The van der Waals surface area contributed by atoms with Gasteiger partial charge in [0, 0.05) is 56.3 Å². The van der Waals surface area contributed by atoms with Crippen LogP contribution in [0.15, 0.2) is 164 Å². The maximum Gasteiger partial charge on any atom is 0.171 e. The Bertz CT molecular complexity index is 2570. The third-order valence-corrected chi connectivity index (χ3v) is 14.4. The minimum atomic E-state index is -3.15. The number of hydrogen-bond acceptors (Lipinski definition) is 3. The second-order valence-electron chi connectivity index (χ2n) is 11.6. The molecule has 218 valence electrons. The molecule has 0 fully saturated rings. The van der Waals surface area contributed by atoms with Crippen molar-refractivity contribution in [2.75, 3.05) is 0 Å². The standard InChI is InChI=1S/C42H27OPS2/c43-44(31-11-3-1-4-12-31,32-13-5-2-6-14-32)38-17-9-7-15-33(38)30-21-24-42-37(27-30)36-26-29(20-23-41(36)46-42)28-19-22-40-35(25-28)34-16-8-10-18-39(34)45-40/h1-27H. The molecular formula is C42H27OPS2. The first-order chi connectivity index (χ1) is 22.7. The van der Waals surface area contributed by atoms with E-state index in [0.29, 0.717) is 0 Å². The van der Waals surface area contributed by atoms with Crippen LogP contribution in [-0.4, -0.2) is 0 Å². The van der Waals surface area contributed by atoms with Crippen molar-refractivity contribution in [3.63, 3.8) is 0 Å². The average molecular weight is 643 g/mol. The van der Waals surface area contributed by atoms with E-state index in [9.17, 15) is 0 Å². The molecule has 0 aliphatic heterocycles. The van der Waals surface area contributed by atoms with Crippen molar-refractivity contribution in [2.24, 2.45) is 0 Å². The van der Waals surface area contributed by atoms with Gasteiger partial charge in [0.1, 0.15) is 0 Å². The van der Waals surface area contributed by atoms with Crippen LogP contribution in [0.3, 0.4) is 0 Å². The minimum absolute atomic E-state index is 0.843. The summed E-state index contributed by atoms with van der Waals surface area (Å²) in [6, 6.07) is 57.2. The zero-order chi connectivity index (χ0) is 30.7. The Hall–Kier alpha value is -4.79. The van der Waals surface area contributed by atoms with E-state index in [2.05, 4.69) is 97.1 Å². The zero-order valence-corrected chi connectivity index (χ0v) is 27.3. The Morgan fingerprint density at radius 1 is 0.370 bits per heavy atom. The molecule has 7 aromatic carbocycles. The number of rotatable bonds is 5. The first-order valence-corrected chi connectivity index (χ1v) is 18.7. The highest BCUT2D eigenvalue weighted by Gasteiger charge is 2.32. The molecule has 0 bridgehead atoms. The second-order valence-corrected chi connectivity index (χ2v) is 16.5. The maximum absolute atomic E-state index is 15.4. The van der Waals surface area contributed by atoms with Crippen LogP contribution in [-0.2, 0) is 4.57 Å². The summed E-state index contributed by atoms with van der Waals surface area (Å²) in [5, 5.41) is 7.66. The van der Waals surface area contributed by atoms with Crippen molar-refractivity contribution in [1.29, 1.82) is 0 Å². The highest BCUT2D eigenvalue weighted by molar-refractivity contribution is 7.85. The SMILES string of the molecule is O=P(c1ccccc1)(c1ccccc1)c1ccccc1-c1ccc2sc3ccc(-c4ccc5sc6ccccc6c5c4)cc3c2c1. The Kier molecular flexibility index (Phi) is 6.54. The van der Waals surface area contributed by atoms with E-state index in [1.807, 2.05) is 89.4 Å². The predicted molar refractivity (Wildman–Crippen MR) is 202 cm³/mol. The van der Waals surface area contributed by atoms with Gasteiger partial charge in [0.25, 0.3) is 0 Å². The fourth-order valence-electron chi connectivity index (χ4n) is 6.73. The average Bonchev–Trinajstić information content (AvgIpc) is 3.69. The number of benzene rings is 7. The number of hydrogen-bond donors (Lipinski definition) is 0. The lowest BCUT2D eigenvalue weighted by atomic mass is 9.99. The Labute approximate surface area is 275 Å². The van der Waals surface area contributed by atoms with Gasteiger partial charge in [-0.2, -0.15) is 0 Å². The molecule has 4 heteroatoms. The molecule has 2 aromatic heterocycles. The Morgan fingerprint density at radius 3 is 1.41 bits per heavy atom. The normalized spacial score (nSPS) is 12.0. The van der Waals surface area contributed by atoms with Gasteiger partial charge in [0.15, 0.2) is 7.14 Å². The summed E-state index contributed by atoms with van der Waals surface area (Å²) in [5.74, 6) is 0. The molecule has 1 nitrogen and oxygen atoms in total. The van der Waals surface area contributed by atoms with E-state index >= 15 is 4.57 Å². The summed E-state index contributed by atoms with van der Waals surface area (Å²) in [5.41, 5.74) is 4.52. The van der Waals surface area contributed by atoms with Crippen molar-refractivity contribution >= 4 is 86.1 Å². The lowest BCUT2D eigenvalue weighted by Gasteiger charge is -2.23. The number of thiophene rings is 2. The lowest BCUT2D eigenvalue weighted by Crippen LogP contribution is -2.26. The smallest absolute Gasteiger partial charge is 0.171 e. The third kappa shape index (κ3) is 4.39. The molecule has 46 heavy (non-hydrogen) atoms. The summed E-state index contributed by atoms with van der Waals surface area (Å²) in [4.78, 5) is 0. The van der Waals surface area contributed by atoms with Gasteiger partial charge in [-0.25, -0.2) is 0 Å². The molecule has 0 aliphatic rings. The van der Waals surface area contributed by atoms with Crippen LogP contribution in [0.2, 0.25) is 0 Å². The number of fused-ring (bicyclic) bond motifs is 6. The highest BCUT2D eigenvalue weighted by Crippen LogP contribution is 2.46. The predicted octanol–water partition coefficient (Wildman–Crippen LogP) is 11.4. The summed E-state index contributed by atoms with van der Waals surface area (Å²) in [7, 11) is -3.15. The van der Waals surface area contributed by atoms with Crippen molar-refractivity contribution in [3.05, 3.63) is 164 Å². The molecule has 9 rings (SSSR count). The molecule has 0 spiro atoms. The largest absolute Gasteiger partial charge is 0.309 e. The molecule has 0 saturated carbocycles. The highest BCUT2D eigenvalue weighted by atomic mass is 32.1. The monoisotopic (exact) mass is 642 g/mol. The Balaban J connectivity index is 1.21.